The maximum atomic E-state index is 10.1. The van der Waals surface area contributed by atoms with Crippen LogP contribution >= 0.6 is 69.8 Å². The molecule has 3 N–H and O–H groups in total. The van der Waals surface area contributed by atoms with E-state index in [0.29, 0.717) is 5.62 Å². The molecule has 16 heteroatoms. The van der Waals surface area contributed by atoms with Crippen molar-refractivity contribution in [2.75, 3.05) is 93.3 Å². The van der Waals surface area contributed by atoms with Gasteiger partial charge < -0.3 is 14.7 Å². The third-order valence-corrected chi connectivity index (χ3v) is 18.6. The molecular weight excluding hydrogens is 559 g/mol. The number of likely N-dealkylation sites (N-methyl/N-ethyl adjacent to an activating group) is 6. The Morgan fingerprint density at radius 1 is 0.625 bits per heavy atom. The van der Waals surface area contributed by atoms with Crippen molar-refractivity contribution >= 4 is 69.8 Å². The maximum absolute atomic E-state index is 10.1. The molecule has 0 atom stereocenters. The van der Waals surface area contributed by atoms with Gasteiger partial charge in [-0.15, -0.1) is 11.6 Å². The Hall–Kier alpha value is 2.09. The fraction of sp³-hybridized carbons (Fsp3) is 1.00. The fourth-order valence-electron chi connectivity index (χ4n) is 3.62. The molecule has 0 amide bonds. The molecule has 0 spiro atoms. The Labute approximate surface area is 215 Å². The molecular formula is C16H40Cl4N6O3P3. The van der Waals surface area contributed by atoms with Crippen LogP contribution in [0.2, 0.25) is 0 Å². The molecule has 0 unspecified atom stereocenters. The molecule has 9 nitrogen and oxygen atoms in total. The zero-order valence-corrected chi connectivity index (χ0v) is 25.7. The normalized spacial score (nSPS) is 27.2. The van der Waals surface area contributed by atoms with Crippen molar-refractivity contribution in [3.63, 3.8) is 0 Å². The molecule has 3 fully saturated rings. The standard InChI is InChI=1S/C6H16N2OP.C5H11Cl3N2OP.C5H13ClN2OP/c1-4-10(9)7(2)5-6-8(10)3;1-9-3-4-10(2)12(9,11)5(6,7)8;1-7-3-4-8(2)10(7,9)5-6/h9H,4-6H2,1-3H3;11H,3-4H2,1-2H3;9H,3-5H2,1-2H3. The highest BCUT2D eigenvalue weighted by atomic mass is 35.6. The van der Waals surface area contributed by atoms with Gasteiger partial charge in [-0.1, -0.05) is 41.7 Å². The van der Waals surface area contributed by atoms with Gasteiger partial charge in [0.05, 0.1) is 5.62 Å². The summed E-state index contributed by atoms with van der Waals surface area (Å²) in [5.74, 6) is 0. The van der Waals surface area contributed by atoms with Crippen LogP contribution in [0.5, 0.6) is 0 Å². The van der Waals surface area contributed by atoms with Gasteiger partial charge in [0.2, 0.25) is 0 Å². The van der Waals surface area contributed by atoms with Crippen molar-refractivity contribution in [2.45, 2.75) is 10.5 Å². The van der Waals surface area contributed by atoms with Gasteiger partial charge >= 0.3 is 0 Å². The third-order valence-electron chi connectivity index (χ3n) is 6.31. The van der Waals surface area contributed by atoms with Crippen molar-refractivity contribution in [3.8, 4) is 0 Å². The molecule has 32 heavy (non-hydrogen) atoms. The average molecular weight is 599 g/mol. The lowest BCUT2D eigenvalue weighted by Crippen LogP contribution is -2.29. The van der Waals surface area contributed by atoms with Crippen LogP contribution in [0.15, 0.2) is 0 Å². The summed E-state index contributed by atoms with van der Waals surface area (Å²) >= 11 is 22.8. The molecule has 195 valence electrons. The molecule has 3 saturated heterocycles. The predicted molar refractivity (Wildman–Crippen MR) is 145 cm³/mol. The van der Waals surface area contributed by atoms with E-state index in [1.165, 1.54) is 0 Å². The summed E-state index contributed by atoms with van der Waals surface area (Å²) in [7, 11) is 4.77. The van der Waals surface area contributed by atoms with Gasteiger partial charge in [-0.3, -0.25) is 28.0 Å². The van der Waals surface area contributed by atoms with Crippen LogP contribution in [0.4, 0.5) is 0 Å². The van der Waals surface area contributed by atoms with E-state index < -0.39 is 26.9 Å². The van der Waals surface area contributed by atoms with Gasteiger partial charge in [0.25, 0.3) is 3.53 Å². The van der Waals surface area contributed by atoms with E-state index in [2.05, 4.69) is 9.34 Å². The molecule has 3 aliphatic heterocycles. The van der Waals surface area contributed by atoms with Crippen molar-refractivity contribution in [1.29, 1.82) is 0 Å². The molecule has 0 bridgehead atoms. The molecule has 0 aromatic heterocycles. The lowest BCUT2D eigenvalue weighted by atomic mass is 10.6. The number of nitrogens with zero attached hydrogens (tertiary/aromatic N) is 6. The summed E-state index contributed by atoms with van der Waals surface area (Å²) < 4.78 is 9.94. The van der Waals surface area contributed by atoms with Crippen LogP contribution in [-0.2, 0) is 0 Å². The van der Waals surface area contributed by atoms with Crippen molar-refractivity contribution in [3.05, 3.63) is 0 Å². The highest BCUT2D eigenvalue weighted by Gasteiger charge is 2.55. The number of halogens is 4. The molecule has 0 aliphatic carbocycles. The Balaban J connectivity index is 0.000000241. The average Bonchev–Trinajstić information content (AvgIpc) is 3.27. The quantitative estimate of drug-likeness (QED) is 0.327. The topological polar surface area (TPSA) is 80.1 Å². The van der Waals surface area contributed by atoms with Crippen LogP contribution in [0.25, 0.3) is 0 Å². The van der Waals surface area contributed by atoms with E-state index in [1.54, 1.807) is 23.4 Å². The second kappa shape index (κ2) is 12.6. The minimum Gasteiger partial charge on any atom is -0.353 e. The van der Waals surface area contributed by atoms with Crippen LogP contribution in [0.3, 0.4) is 0 Å². The van der Waals surface area contributed by atoms with E-state index in [4.69, 9.17) is 46.4 Å². The number of hydrogen-bond acceptors (Lipinski definition) is 9. The van der Waals surface area contributed by atoms with Crippen LogP contribution in [0.1, 0.15) is 6.92 Å². The highest BCUT2D eigenvalue weighted by molar-refractivity contribution is 7.73. The summed E-state index contributed by atoms with van der Waals surface area (Å²) in [6.07, 6.45) is 0.875. The second-order valence-corrected chi connectivity index (χ2v) is 21.5. The van der Waals surface area contributed by atoms with Crippen LogP contribution in [0, 0.1) is 0 Å². The molecule has 3 heterocycles. The van der Waals surface area contributed by atoms with Crippen molar-refractivity contribution in [2.24, 2.45) is 0 Å². The van der Waals surface area contributed by atoms with E-state index in [-0.39, 0.29) is 0 Å². The Morgan fingerprint density at radius 2 is 0.906 bits per heavy atom. The van der Waals surface area contributed by atoms with Crippen LogP contribution < -0.4 is 0 Å². The summed E-state index contributed by atoms with van der Waals surface area (Å²) in [4.78, 5) is 30.0. The largest absolute Gasteiger partial charge is 0.353 e. The number of alkyl halides is 4. The molecule has 3 rings (SSSR count). The molecule has 0 aromatic carbocycles. The SMILES string of the molecule is CC[P]1(O)N(C)CCN1C.CN1CCN(C)[P]1(O)C(Cl)(Cl)Cl.CN1CCN(C)[P]1(O)CCl. The van der Waals surface area contributed by atoms with Gasteiger partial charge in [-0.25, -0.2) is 0 Å². The van der Waals surface area contributed by atoms with E-state index in [9.17, 15) is 14.7 Å². The van der Waals surface area contributed by atoms with Crippen molar-refractivity contribution in [1.82, 2.24) is 28.0 Å². The minimum absolute atomic E-state index is 0.347. The molecule has 3 aliphatic rings. The summed E-state index contributed by atoms with van der Waals surface area (Å²) in [6, 6.07) is 0. The number of hydrogen-bond donors (Lipinski definition) is 3. The maximum Gasteiger partial charge on any atom is 0.254 e. The first-order valence-electron chi connectivity index (χ1n) is 10.3. The van der Waals surface area contributed by atoms with Gasteiger partial charge in [0, 0.05) is 45.4 Å². The monoisotopic (exact) mass is 597 g/mol. The Bertz CT molecular complexity index is 552. The first-order valence-corrected chi connectivity index (χ1v) is 17.3. The second-order valence-electron chi connectivity index (χ2n) is 8.14. The minimum atomic E-state index is -2.72. The number of rotatable bonds is 2. The van der Waals surface area contributed by atoms with Gasteiger partial charge in [0.15, 0.2) is 7.79 Å². The smallest absolute Gasteiger partial charge is 0.254 e. The van der Waals surface area contributed by atoms with Gasteiger partial charge in [-0.2, -0.15) is 0 Å². The third kappa shape index (κ3) is 6.69. The summed E-state index contributed by atoms with van der Waals surface area (Å²) in [5, 5.41) is 0. The van der Waals surface area contributed by atoms with Gasteiger partial charge in [0.1, 0.15) is 15.6 Å². The molecule has 3 radical (unpaired) electrons. The highest BCUT2D eigenvalue weighted by Crippen LogP contribution is 2.76. The lowest BCUT2D eigenvalue weighted by Gasteiger charge is -2.41. The predicted octanol–water partition coefficient (Wildman–Crippen LogP) is 3.40. The lowest BCUT2D eigenvalue weighted by molar-refractivity contribution is 0.461. The van der Waals surface area contributed by atoms with Gasteiger partial charge in [-0.05, 0) is 42.3 Å². The summed E-state index contributed by atoms with van der Waals surface area (Å²) in [5.41, 5.74) is 0.347. The first-order chi connectivity index (χ1) is 14.5. The van der Waals surface area contributed by atoms with E-state index in [1.807, 2.05) is 44.5 Å². The zero-order chi connectivity index (χ0) is 25.1. The first kappa shape index (κ1) is 32.1. The zero-order valence-electron chi connectivity index (χ0n) is 20.0. The Kier molecular flexibility index (Phi) is 12.6. The summed E-state index contributed by atoms with van der Waals surface area (Å²) in [6.45, 7) is 7.37. The van der Waals surface area contributed by atoms with E-state index >= 15 is 0 Å². The molecule has 0 saturated carbocycles. The van der Waals surface area contributed by atoms with E-state index in [0.717, 1.165) is 45.4 Å². The van der Waals surface area contributed by atoms with Crippen LogP contribution in [-0.4, -0.2) is 140 Å². The fourth-order valence-corrected chi connectivity index (χ4v) is 13.1. The van der Waals surface area contributed by atoms with Crippen molar-refractivity contribution < 1.29 is 14.7 Å². The Morgan fingerprint density at radius 3 is 1.06 bits per heavy atom. The molecule has 0 aromatic rings.